The summed E-state index contributed by atoms with van der Waals surface area (Å²) < 4.78 is 26.1. The minimum Gasteiger partial charge on any atom is -0.207 e. The van der Waals surface area contributed by atoms with Crippen LogP contribution < -0.4 is 0 Å². The lowest BCUT2D eigenvalue weighted by molar-refractivity contribution is 0.542. The van der Waals surface area contributed by atoms with Gasteiger partial charge in [0.15, 0.2) is 0 Å². The summed E-state index contributed by atoms with van der Waals surface area (Å²) in [4.78, 5) is 0. The second-order valence-corrected chi connectivity index (χ2v) is 3.32. The number of hydrogen-bond donors (Lipinski definition) is 0. The van der Waals surface area contributed by atoms with Crippen molar-refractivity contribution >= 4 is 11.6 Å². The average molecular weight is 191 g/mol. The van der Waals surface area contributed by atoms with Gasteiger partial charge in [0, 0.05) is 5.56 Å². The monoisotopic (exact) mass is 190 g/mol. The van der Waals surface area contributed by atoms with E-state index >= 15 is 0 Å². The number of benzene rings is 1. The molecule has 0 radical (unpaired) electrons. The normalized spacial score (nSPS) is 10.8. The predicted molar refractivity (Wildman–Crippen MR) is 45.5 cm³/mol. The zero-order chi connectivity index (χ0) is 9.30. The van der Waals surface area contributed by atoms with Crippen LogP contribution in [0.1, 0.15) is 25.3 Å². The molecule has 66 valence electrons. The van der Waals surface area contributed by atoms with Gasteiger partial charge in [0.25, 0.3) is 0 Å². The first-order chi connectivity index (χ1) is 5.54. The van der Waals surface area contributed by atoms with Crippen LogP contribution in [0.25, 0.3) is 0 Å². The van der Waals surface area contributed by atoms with Crippen molar-refractivity contribution in [1.29, 1.82) is 0 Å². The highest BCUT2D eigenvalue weighted by atomic mass is 35.5. The van der Waals surface area contributed by atoms with Crippen LogP contribution in [0.15, 0.2) is 12.1 Å². The molecule has 0 saturated heterocycles. The zero-order valence-electron chi connectivity index (χ0n) is 6.87. The van der Waals surface area contributed by atoms with E-state index < -0.39 is 11.6 Å². The van der Waals surface area contributed by atoms with Gasteiger partial charge in [-0.25, -0.2) is 8.78 Å². The van der Waals surface area contributed by atoms with E-state index in [-0.39, 0.29) is 16.5 Å². The lowest BCUT2D eigenvalue weighted by Crippen LogP contribution is -1.98. The minimum absolute atomic E-state index is 0.0277. The van der Waals surface area contributed by atoms with Crippen LogP contribution in [-0.2, 0) is 0 Å². The third kappa shape index (κ3) is 1.58. The van der Waals surface area contributed by atoms with Gasteiger partial charge in [0.05, 0.1) is 5.02 Å². The molecule has 0 spiro atoms. The minimum atomic E-state index is -0.647. The molecule has 0 N–H and O–H groups in total. The number of rotatable bonds is 1. The van der Waals surface area contributed by atoms with Gasteiger partial charge in [-0.15, -0.1) is 0 Å². The molecule has 1 rings (SSSR count). The topological polar surface area (TPSA) is 0 Å². The second kappa shape index (κ2) is 3.40. The molecule has 0 fully saturated rings. The molecule has 0 saturated carbocycles. The van der Waals surface area contributed by atoms with Gasteiger partial charge in [-0.05, 0) is 18.1 Å². The molecule has 1 aromatic rings. The van der Waals surface area contributed by atoms with Gasteiger partial charge in [-0.2, -0.15) is 0 Å². The van der Waals surface area contributed by atoms with E-state index in [4.69, 9.17) is 11.6 Å². The molecular weight excluding hydrogens is 182 g/mol. The smallest absolute Gasteiger partial charge is 0.148 e. The highest BCUT2D eigenvalue weighted by Crippen LogP contribution is 2.26. The summed E-state index contributed by atoms with van der Waals surface area (Å²) in [6, 6.07) is 2.40. The zero-order valence-corrected chi connectivity index (χ0v) is 7.62. The molecule has 0 bridgehead atoms. The highest BCUT2D eigenvalue weighted by molar-refractivity contribution is 6.30. The maximum atomic E-state index is 13.1. The average Bonchev–Trinajstić information content (AvgIpc) is 1.97. The standard InChI is InChI=1S/C9H9ClF2/c1-5(2)8-7(11)4-3-6(10)9(8)12/h3-5H,1-2H3. The molecule has 3 heteroatoms. The molecule has 0 atom stereocenters. The molecule has 0 nitrogen and oxygen atoms in total. The van der Waals surface area contributed by atoms with Gasteiger partial charge in [0.1, 0.15) is 11.6 Å². The summed E-state index contributed by atoms with van der Waals surface area (Å²) in [5, 5.41) is -0.0277. The van der Waals surface area contributed by atoms with E-state index in [9.17, 15) is 8.78 Å². The fraction of sp³-hybridized carbons (Fsp3) is 0.333. The largest absolute Gasteiger partial charge is 0.207 e. The van der Waals surface area contributed by atoms with Gasteiger partial charge < -0.3 is 0 Å². The molecule has 12 heavy (non-hydrogen) atoms. The van der Waals surface area contributed by atoms with Crippen LogP contribution in [0.4, 0.5) is 8.78 Å². The predicted octanol–water partition coefficient (Wildman–Crippen LogP) is 3.74. The summed E-state index contributed by atoms with van der Waals surface area (Å²) in [6.45, 7) is 3.44. The lowest BCUT2D eigenvalue weighted by Gasteiger charge is -2.08. The van der Waals surface area contributed by atoms with E-state index in [0.29, 0.717) is 0 Å². The molecule has 0 aliphatic carbocycles. The number of halogens is 3. The molecule has 0 heterocycles. The van der Waals surface area contributed by atoms with Crippen LogP contribution in [-0.4, -0.2) is 0 Å². The third-order valence-corrected chi connectivity index (χ3v) is 1.95. The Morgan fingerprint density at radius 3 is 2.25 bits per heavy atom. The maximum Gasteiger partial charge on any atom is 0.148 e. The Balaban J connectivity index is 3.33. The van der Waals surface area contributed by atoms with Gasteiger partial charge in [-0.1, -0.05) is 25.4 Å². The quantitative estimate of drug-likeness (QED) is 0.592. The molecule has 1 aromatic carbocycles. The van der Waals surface area contributed by atoms with Gasteiger partial charge in [-0.3, -0.25) is 0 Å². The van der Waals surface area contributed by atoms with Crippen molar-refractivity contribution in [2.24, 2.45) is 0 Å². The van der Waals surface area contributed by atoms with Crippen LogP contribution in [0.2, 0.25) is 5.02 Å². The summed E-state index contributed by atoms with van der Waals surface area (Å²) in [5.41, 5.74) is 0.0579. The van der Waals surface area contributed by atoms with Crippen molar-refractivity contribution in [3.05, 3.63) is 34.4 Å². The van der Waals surface area contributed by atoms with Crippen LogP contribution in [0, 0.1) is 11.6 Å². The number of hydrogen-bond acceptors (Lipinski definition) is 0. The van der Waals surface area contributed by atoms with E-state index in [1.807, 2.05) is 0 Å². The summed E-state index contributed by atoms with van der Waals surface area (Å²) in [5.74, 6) is -1.37. The first-order valence-corrected chi connectivity index (χ1v) is 4.05. The Morgan fingerprint density at radius 1 is 1.25 bits per heavy atom. The molecule has 0 amide bonds. The fourth-order valence-electron chi connectivity index (χ4n) is 1.07. The maximum absolute atomic E-state index is 13.1. The van der Waals surface area contributed by atoms with Crippen molar-refractivity contribution in [2.45, 2.75) is 19.8 Å². The van der Waals surface area contributed by atoms with Crippen molar-refractivity contribution in [1.82, 2.24) is 0 Å². The SMILES string of the molecule is CC(C)c1c(F)ccc(Cl)c1F. The molecule has 0 unspecified atom stereocenters. The second-order valence-electron chi connectivity index (χ2n) is 2.91. The lowest BCUT2D eigenvalue weighted by atomic mass is 10.0. The van der Waals surface area contributed by atoms with Gasteiger partial charge >= 0.3 is 0 Å². The van der Waals surface area contributed by atoms with Crippen molar-refractivity contribution in [3.8, 4) is 0 Å². The van der Waals surface area contributed by atoms with Crippen molar-refractivity contribution in [2.75, 3.05) is 0 Å². The van der Waals surface area contributed by atoms with Crippen molar-refractivity contribution in [3.63, 3.8) is 0 Å². The molecule has 0 aliphatic rings. The summed E-state index contributed by atoms with van der Waals surface area (Å²) in [7, 11) is 0. The van der Waals surface area contributed by atoms with E-state index in [1.54, 1.807) is 13.8 Å². The summed E-state index contributed by atoms with van der Waals surface area (Å²) in [6.07, 6.45) is 0. The highest BCUT2D eigenvalue weighted by Gasteiger charge is 2.14. The van der Waals surface area contributed by atoms with Crippen LogP contribution in [0.5, 0.6) is 0 Å². The molecule has 0 aromatic heterocycles. The molecular formula is C9H9ClF2. The Kier molecular flexibility index (Phi) is 2.68. The van der Waals surface area contributed by atoms with E-state index in [0.717, 1.165) is 0 Å². The van der Waals surface area contributed by atoms with Crippen molar-refractivity contribution < 1.29 is 8.78 Å². The Labute approximate surface area is 75.2 Å². The fourth-order valence-corrected chi connectivity index (χ4v) is 1.24. The van der Waals surface area contributed by atoms with E-state index in [1.165, 1.54) is 12.1 Å². The summed E-state index contributed by atoms with van der Waals surface area (Å²) >= 11 is 5.49. The Bertz CT molecular complexity index is 295. The van der Waals surface area contributed by atoms with Crippen LogP contribution in [0.3, 0.4) is 0 Å². The first kappa shape index (κ1) is 9.46. The first-order valence-electron chi connectivity index (χ1n) is 3.67. The van der Waals surface area contributed by atoms with E-state index in [2.05, 4.69) is 0 Å². The molecule has 0 aliphatic heterocycles. The van der Waals surface area contributed by atoms with Crippen LogP contribution >= 0.6 is 11.6 Å². The van der Waals surface area contributed by atoms with Gasteiger partial charge in [0.2, 0.25) is 0 Å². The Hall–Kier alpha value is -0.630. The Morgan fingerprint density at radius 2 is 1.83 bits per heavy atom. The third-order valence-electron chi connectivity index (χ3n) is 1.66.